The number of benzene rings is 1. The first-order chi connectivity index (χ1) is 7.96. The van der Waals surface area contributed by atoms with Gasteiger partial charge in [-0.25, -0.2) is 4.79 Å². The fourth-order valence-electron chi connectivity index (χ4n) is 1.35. The van der Waals surface area contributed by atoms with Crippen LogP contribution in [0.15, 0.2) is 41.5 Å². The molecule has 0 spiro atoms. The number of halogens is 3. The van der Waals surface area contributed by atoms with E-state index >= 15 is 0 Å². The number of aromatic amines is 1. The third-order valence-corrected chi connectivity index (χ3v) is 1.98. The maximum Gasteiger partial charge on any atom is 0.573 e. The van der Waals surface area contributed by atoms with E-state index in [1.807, 2.05) is 0 Å². The zero-order valence-electron chi connectivity index (χ0n) is 8.36. The molecule has 90 valence electrons. The van der Waals surface area contributed by atoms with Crippen molar-refractivity contribution in [3.63, 3.8) is 0 Å². The van der Waals surface area contributed by atoms with E-state index in [1.54, 1.807) is 0 Å². The maximum atomic E-state index is 12.0. The molecule has 1 aromatic heterocycles. The van der Waals surface area contributed by atoms with Gasteiger partial charge in [-0.3, -0.25) is 4.57 Å². The highest BCUT2D eigenvalue weighted by atomic mass is 19.4. The van der Waals surface area contributed by atoms with Crippen LogP contribution in [0, 0.1) is 0 Å². The molecule has 0 aliphatic carbocycles. The van der Waals surface area contributed by atoms with E-state index in [1.165, 1.54) is 29.1 Å². The second kappa shape index (κ2) is 4.00. The molecule has 0 unspecified atom stereocenters. The first-order valence-electron chi connectivity index (χ1n) is 4.58. The fourth-order valence-corrected chi connectivity index (χ4v) is 1.35. The van der Waals surface area contributed by atoms with Gasteiger partial charge in [0.25, 0.3) is 0 Å². The van der Waals surface area contributed by atoms with Gasteiger partial charge in [-0.1, -0.05) is 6.07 Å². The molecule has 7 heteroatoms. The molecule has 0 saturated heterocycles. The van der Waals surface area contributed by atoms with Crippen molar-refractivity contribution < 1.29 is 17.9 Å². The Balaban J connectivity index is 2.36. The second-order valence-electron chi connectivity index (χ2n) is 3.18. The molecule has 2 rings (SSSR count). The number of ether oxygens (including phenoxy) is 1. The smallest absolute Gasteiger partial charge is 0.406 e. The molecular formula is C10H7F3N2O2. The van der Waals surface area contributed by atoms with Crippen LogP contribution in [0.1, 0.15) is 0 Å². The van der Waals surface area contributed by atoms with Crippen LogP contribution in [0.25, 0.3) is 5.69 Å². The van der Waals surface area contributed by atoms with Crippen molar-refractivity contribution in [3.8, 4) is 11.4 Å². The van der Waals surface area contributed by atoms with Crippen LogP contribution in [-0.4, -0.2) is 15.9 Å². The topological polar surface area (TPSA) is 47.0 Å². The van der Waals surface area contributed by atoms with E-state index in [9.17, 15) is 18.0 Å². The third kappa shape index (κ3) is 2.68. The number of rotatable bonds is 2. The van der Waals surface area contributed by atoms with E-state index < -0.39 is 12.1 Å². The molecule has 17 heavy (non-hydrogen) atoms. The number of H-pyrrole nitrogens is 1. The van der Waals surface area contributed by atoms with Gasteiger partial charge in [0.05, 0.1) is 5.69 Å². The second-order valence-corrected chi connectivity index (χ2v) is 3.18. The molecule has 0 fully saturated rings. The lowest BCUT2D eigenvalue weighted by Gasteiger charge is -2.09. The number of hydrogen-bond donors (Lipinski definition) is 1. The Morgan fingerprint density at radius 3 is 2.65 bits per heavy atom. The van der Waals surface area contributed by atoms with Crippen molar-refractivity contribution in [1.82, 2.24) is 9.55 Å². The summed E-state index contributed by atoms with van der Waals surface area (Å²) in [5.74, 6) is -0.372. The molecular weight excluding hydrogens is 237 g/mol. The molecule has 0 bridgehead atoms. The monoisotopic (exact) mass is 244 g/mol. The molecule has 1 N–H and O–H groups in total. The fraction of sp³-hybridized carbons (Fsp3) is 0.100. The van der Waals surface area contributed by atoms with Crippen molar-refractivity contribution in [2.45, 2.75) is 6.36 Å². The van der Waals surface area contributed by atoms with Crippen LogP contribution in [0.3, 0.4) is 0 Å². The zero-order chi connectivity index (χ0) is 12.5. The van der Waals surface area contributed by atoms with Crippen LogP contribution in [0.5, 0.6) is 5.75 Å². The van der Waals surface area contributed by atoms with Crippen molar-refractivity contribution >= 4 is 0 Å². The van der Waals surface area contributed by atoms with E-state index in [4.69, 9.17) is 0 Å². The number of imidazole rings is 1. The number of nitrogens with zero attached hydrogens (tertiary/aromatic N) is 1. The first-order valence-corrected chi connectivity index (χ1v) is 4.58. The van der Waals surface area contributed by atoms with Crippen molar-refractivity contribution in [1.29, 1.82) is 0 Å². The predicted octanol–water partition coefficient (Wildman–Crippen LogP) is 2.06. The Kier molecular flexibility index (Phi) is 2.66. The Morgan fingerprint density at radius 1 is 1.29 bits per heavy atom. The highest BCUT2D eigenvalue weighted by Crippen LogP contribution is 2.24. The maximum absolute atomic E-state index is 12.0. The Morgan fingerprint density at radius 2 is 2.06 bits per heavy atom. The molecule has 1 heterocycles. The van der Waals surface area contributed by atoms with Crippen LogP contribution in [0.4, 0.5) is 13.2 Å². The van der Waals surface area contributed by atoms with E-state index in [-0.39, 0.29) is 11.4 Å². The lowest BCUT2D eigenvalue weighted by Crippen LogP contribution is -2.18. The average molecular weight is 244 g/mol. The lowest BCUT2D eigenvalue weighted by molar-refractivity contribution is -0.274. The highest BCUT2D eigenvalue weighted by Gasteiger charge is 2.31. The summed E-state index contributed by atoms with van der Waals surface area (Å²) < 4.78 is 40.9. The van der Waals surface area contributed by atoms with Gasteiger partial charge in [-0.2, -0.15) is 0 Å². The minimum atomic E-state index is -4.75. The highest BCUT2D eigenvalue weighted by molar-refractivity contribution is 5.39. The first kappa shape index (κ1) is 11.3. The molecule has 0 aliphatic rings. The zero-order valence-corrected chi connectivity index (χ0v) is 8.36. The summed E-state index contributed by atoms with van der Waals surface area (Å²) in [6.45, 7) is 0. The number of alkyl halides is 3. The Labute approximate surface area is 93.3 Å². The van der Waals surface area contributed by atoms with Gasteiger partial charge in [-0.05, 0) is 12.1 Å². The van der Waals surface area contributed by atoms with Crippen LogP contribution in [0.2, 0.25) is 0 Å². The van der Waals surface area contributed by atoms with E-state index in [0.717, 1.165) is 12.1 Å². The lowest BCUT2D eigenvalue weighted by atomic mass is 10.3. The minimum absolute atomic E-state index is 0.290. The number of hydrogen-bond acceptors (Lipinski definition) is 2. The van der Waals surface area contributed by atoms with Crippen LogP contribution < -0.4 is 10.4 Å². The summed E-state index contributed by atoms with van der Waals surface area (Å²) in [6.07, 6.45) is -1.95. The molecule has 0 amide bonds. The summed E-state index contributed by atoms with van der Waals surface area (Å²) in [4.78, 5) is 13.6. The predicted molar refractivity (Wildman–Crippen MR) is 53.1 cm³/mol. The van der Waals surface area contributed by atoms with Crippen molar-refractivity contribution in [2.24, 2.45) is 0 Å². The Bertz CT molecular complexity index is 571. The van der Waals surface area contributed by atoms with Crippen molar-refractivity contribution in [2.75, 3.05) is 0 Å². The molecule has 0 saturated carbocycles. The van der Waals surface area contributed by atoms with Gasteiger partial charge in [0.2, 0.25) is 0 Å². The van der Waals surface area contributed by atoms with Gasteiger partial charge in [0, 0.05) is 18.5 Å². The molecule has 1 aromatic carbocycles. The molecule has 0 aliphatic heterocycles. The van der Waals surface area contributed by atoms with Crippen LogP contribution in [-0.2, 0) is 0 Å². The normalized spacial score (nSPS) is 11.5. The summed E-state index contributed by atoms with van der Waals surface area (Å²) in [5, 5.41) is 0. The quantitative estimate of drug-likeness (QED) is 0.878. The summed E-state index contributed by atoms with van der Waals surface area (Å²) in [5.41, 5.74) is -0.146. The van der Waals surface area contributed by atoms with E-state index in [0.29, 0.717) is 0 Å². The van der Waals surface area contributed by atoms with Gasteiger partial charge in [0.15, 0.2) is 0 Å². The third-order valence-electron chi connectivity index (χ3n) is 1.98. The Hall–Kier alpha value is -2.18. The molecule has 2 aromatic rings. The number of aromatic nitrogens is 2. The van der Waals surface area contributed by atoms with Crippen LogP contribution >= 0.6 is 0 Å². The summed E-state index contributed by atoms with van der Waals surface area (Å²) in [7, 11) is 0. The van der Waals surface area contributed by atoms with Gasteiger partial charge >= 0.3 is 12.1 Å². The molecule has 0 radical (unpaired) electrons. The van der Waals surface area contributed by atoms with Gasteiger partial charge < -0.3 is 9.72 Å². The van der Waals surface area contributed by atoms with E-state index in [2.05, 4.69) is 9.72 Å². The average Bonchev–Trinajstić information content (AvgIpc) is 2.62. The van der Waals surface area contributed by atoms with Crippen molar-refractivity contribution in [3.05, 3.63) is 47.1 Å². The minimum Gasteiger partial charge on any atom is -0.406 e. The van der Waals surface area contributed by atoms with Gasteiger partial charge in [-0.15, -0.1) is 13.2 Å². The van der Waals surface area contributed by atoms with Gasteiger partial charge in [0.1, 0.15) is 5.75 Å². The standard InChI is InChI=1S/C10H7F3N2O2/c11-10(12,13)17-8-3-1-2-7(6-8)15-5-4-14-9(15)16/h1-6H,(H,14,16). The SMILES string of the molecule is O=c1[nH]ccn1-c1cccc(OC(F)(F)F)c1. The number of nitrogens with one attached hydrogen (secondary N) is 1. The summed E-state index contributed by atoms with van der Waals surface area (Å²) >= 11 is 0. The molecule has 0 atom stereocenters. The largest absolute Gasteiger partial charge is 0.573 e. The summed E-state index contributed by atoms with van der Waals surface area (Å²) in [6, 6.07) is 5.16. The molecule has 4 nitrogen and oxygen atoms in total.